The Labute approximate surface area is 123 Å². The van der Waals surface area contributed by atoms with Crippen LogP contribution in [0.1, 0.15) is 38.3 Å². The Bertz CT molecular complexity index is 432. The van der Waals surface area contributed by atoms with Gasteiger partial charge in [-0.2, -0.15) is 0 Å². The van der Waals surface area contributed by atoms with E-state index in [1.807, 2.05) is 0 Å². The van der Waals surface area contributed by atoms with Crippen LogP contribution in [0.25, 0.3) is 0 Å². The van der Waals surface area contributed by atoms with Crippen LogP contribution >= 0.6 is 0 Å². The molecule has 2 heteroatoms. The van der Waals surface area contributed by atoms with Gasteiger partial charge in [-0.25, -0.2) is 0 Å². The van der Waals surface area contributed by atoms with E-state index in [1.54, 1.807) is 0 Å². The van der Waals surface area contributed by atoms with E-state index in [-0.39, 0.29) is 0 Å². The zero-order valence-electron chi connectivity index (χ0n) is 12.7. The van der Waals surface area contributed by atoms with Crippen LogP contribution in [0.4, 0.5) is 0 Å². The van der Waals surface area contributed by atoms with E-state index in [2.05, 4.69) is 60.3 Å². The monoisotopic (exact) mass is 270 g/mol. The predicted molar refractivity (Wildman–Crippen MR) is 85.5 cm³/mol. The number of piperazine rings is 1. The van der Waals surface area contributed by atoms with Crippen LogP contribution in [-0.2, 0) is 0 Å². The molecule has 1 heterocycles. The Morgan fingerprint density at radius 2 is 2.10 bits per heavy atom. The third-order valence-electron chi connectivity index (χ3n) is 3.98. The van der Waals surface area contributed by atoms with Crippen molar-refractivity contribution in [2.75, 3.05) is 19.6 Å². The van der Waals surface area contributed by atoms with Gasteiger partial charge in [0.2, 0.25) is 0 Å². The summed E-state index contributed by atoms with van der Waals surface area (Å²) < 4.78 is 0. The zero-order chi connectivity index (χ0) is 14.4. The molecule has 1 N–H and O–H groups in total. The van der Waals surface area contributed by atoms with Gasteiger partial charge in [0, 0.05) is 38.1 Å². The summed E-state index contributed by atoms with van der Waals surface area (Å²) >= 11 is 0. The highest BCUT2D eigenvalue weighted by atomic mass is 15.2. The number of nitrogens with one attached hydrogen (secondary N) is 1. The van der Waals surface area contributed by atoms with Crippen molar-refractivity contribution in [2.45, 2.75) is 38.8 Å². The first-order valence-electron chi connectivity index (χ1n) is 7.66. The number of benzene rings is 1. The van der Waals surface area contributed by atoms with Gasteiger partial charge in [-0.05, 0) is 17.9 Å². The highest BCUT2D eigenvalue weighted by Gasteiger charge is 2.28. The van der Waals surface area contributed by atoms with Crippen LogP contribution in [0.5, 0.6) is 0 Å². The molecule has 2 unspecified atom stereocenters. The van der Waals surface area contributed by atoms with Crippen molar-refractivity contribution in [1.82, 2.24) is 10.2 Å². The average Bonchev–Trinajstić information content (AvgIpc) is 2.45. The second-order valence-electron chi connectivity index (χ2n) is 6.11. The first kappa shape index (κ1) is 15.1. The van der Waals surface area contributed by atoms with Gasteiger partial charge < -0.3 is 5.32 Å². The van der Waals surface area contributed by atoms with E-state index in [4.69, 9.17) is 6.42 Å². The standard InChI is InChI=1S/C18H26N2/c1-4-5-11-20-14-17(12-15(2)3)19-13-18(20)16-9-7-6-8-10-16/h1,6-10,15,17-19H,5,11-14H2,2-3H3. The molecule has 0 spiro atoms. The molecular weight excluding hydrogens is 244 g/mol. The minimum Gasteiger partial charge on any atom is -0.311 e. The summed E-state index contributed by atoms with van der Waals surface area (Å²) in [5.41, 5.74) is 1.39. The van der Waals surface area contributed by atoms with Gasteiger partial charge in [-0.1, -0.05) is 44.2 Å². The molecule has 1 fully saturated rings. The maximum Gasteiger partial charge on any atom is 0.0473 e. The van der Waals surface area contributed by atoms with E-state index in [0.29, 0.717) is 12.1 Å². The first-order chi connectivity index (χ1) is 9.70. The predicted octanol–water partition coefficient (Wildman–Crippen LogP) is 3.07. The summed E-state index contributed by atoms with van der Waals surface area (Å²) in [5, 5.41) is 3.71. The number of hydrogen-bond acceptors (Lipinski definition) is 2. The molecule has 1 aromatic carbocycles. The number of hydrogen-bond donors (Lipinski definition) is 1. The molecule has 1 saturated heterocycles. The second kappa shape index (κ2) is 7.47. The van der Waals surface area contributed by atoms with Gasteiger partial charge in [0.15, 0.2) is 0 Å². The van der Waals surface area contributed by atoms with E-state index in [0.717, 1.165) is 32.0 Å². The Balaban J connectivity index is 2.06. The summed E-state index contributed by atoms with van der Waals surface area (Å²) in [5.74, 6) is 3.51. The lowest BCUT2D eigenvalue weighted by Crippen LogP contribution is -2.52. The van der Waals surface area contributed by atoms with Crippen molar-refractivity contribution in [2.24, 2.45) is 5.92 Å². The SMILES string of the molecule is C#CCCN1CC(CC(C)C)NCC1c1ccccc1. The molecule has 0 aromatic heterocycles. The Morgan fingerprint density at radius 1 is 1.35 bits per heavy atom. The van der Waals surface area contributed by atoms with Crippen LogP contribution < -0.4 is 5.32 Å². The van der Waals surface area contributed by atoms with Crippen molar-refractivity contribution in [1.29, 1.82) is 0 Å². The molecule has 20 heavy (non-hydrogen) atoms. The third-order valence-corrected chi connectivity index (χ3v) is 3.98. The minimum atomic E-state index is 0.452. The average molecular weight is 270 g/mol. The largest absolute Gasteiger partial charge is 0.311 e. The molecule has 0 amide bonds. The molecule has 0 aliphatic carbocycles. The van der Waals surface area contributed by atoms with Crippen LogP contribution in [0.15, 0.2) is 30.3 Å². The minimum absolute atomic E-state index is 0.452. The van der Waals surface area contributed by atoms with Gasteiger partial charge in [0.05, 0.1) is 0 Å². The van der Waals surface area contributed by atoms with Crippen molar-refractivity contribution in [3.05, 3.63) is 35.9 Å². The molecule has 2 atom stereocenters. The highest BCUT2D eigenvalue weighted by Crippen LogP contribution is 2.25. The van der Waals surface area contributed by atoms with E-state index in [1.165, 1.54) is 12.0 Å². The van der Waals surface area contributed by atoms with Gasteiger partial charge >= 0.3 is 0 Å². The first-order valence-corrected chi connectivity index (χ1v) is 7.66. The summed E-state index contributed by atoms with van der Waals surface area (Å²) in [6.07, 6.45) is 7.51. The zero-order valence-corrected chi connectivity index (χ0v) is 12.7. The fourth-order valence-corrected chi connectivity index (χ4v) is 3.07. The van der Waals surface area contributed by atoms with Crippen LogP contribution in [0.3, 0.4) is 0 Å². The lowest BCUT2D eigenvalue weighted by Gasteiger charge is -2.41. The molecule has 0 saturated carbocycles. The van der Waals surface area contributed by atoms with Gasteiger partial charge in [-0.15, -0.1) is 12.3 Å². The van der Waals surface area contributed by atoms with Crippen LogP contribution in [-0.4, -0.2) is 30.6 Å². The number of rotatable bonds is 5. The molecule has 0 radical (unpaired) electrons. The van der Waals surface area contributed by atoms with Crippen molar-refractivity contribution < 1.29 is 0 Å². The van der Waals surface area contributed by atoms with E-state index < -0.39 is 0 Å². The molecule has 2 rings (SSSR count). The summed E-state index contributed by atoms with van der Waals surface area (Å²) in [4.78, 5) is 2.55. The van der Waals surface area contributed by atoms with E-state index >= 15 is 0 Å². The van der Waals surface area contributed by atoms with Crippen molar-refractivity contribution in [3.8, 4) is 12.3 Å². The molecule has 1 aliphatic heterocycles. The van der Waals surface area contributed by atoms with Crippen LogP contribution in [0.2, 0.25) is 0 Å². The third kappa shape index (κ3) is 4.10. The molecule has 1 aliphatic rings. The lowest BCUT2D eigenvalue weighted by molar-refractivity contribution is 0.124. The Hall–Kier alpha value is -1.30. The van der Waals surface area contributed by atoms with Gasteiger partial charge in [-0.3, -0.25) is 4.90 Å². The fraction of sp³-hybridized carbons (Fsp3) is 0.556. The summed E-state index contributed by atoms with van der Waals surface area (Å²) in [7, 11) is 0. The number of nitrogens with zero attached hydrogens (tertiary/aromatic N) is 1. The fourth-order valence-electron chi connectivity index (χ4n) is 3.07. The maximum atomic E-state index is 5.45. The van der Waals surface area contributed by atoms with Crippen molar-refractivity contribution in [3.63, 3.8) is 0 Å². The summed E-state index contributed by atoms with van der Waals surface area (Å²) in [6, 6.07) is 11.8. The van der Waals surface area contributed by atoms with Crippen LogP contribution in [0, 0.1) is 18.3 Å². The smallest absolute Gasteiger partial charge is 0.0473 e. The normalized spacial score (nSPS) is 23.7. The van der Waals surface area contributed by atoms with Gasteiger partial charge in [0.1, 0.15) is 0 Å². The Kier molecular flexibility index (Phi) is 5.64. The summed E-state index contributed by atoms with van der Waals surface area (Å²) in [6.45, 7) is 7.69. The lowest BCUT2D eigenvalue weighted by atomic mass is 9.96. The van der Waals surface area contributed by atoms with Gasteiger partial charge in [0.25, 0.3) is 0 Å². The maximum absolute atomic E-state index is 5.45. The van der Waals surface area contributed by atoms with E-state index in [9.17, 15) is 0 Å². The number of terminal acetylenes is 1. The second-order valence-corrected chi connectivity index (χ2v) is 6.11. The molecule has 2 nitrogen and oxygen atoms in total. The quantitative estimate of drug-likeness (QED) is 0.827. The Morgan fingerprint density at radius 3 is 2.75 bits per heavy atom. The molecule has 1 aromatic rings. The molecular formula is C18H26N2. The molecule has 0 bridgehead atoms. The van der Waals surface area contributed by atoms with Crippen molar-refractivity contribution >= 4 is 0 Å². The molecule has 108 valence electrons. The topological polar surface area (TPSA) is 15.3 Å². The highest BCUT2D eigenvalue weighted by molar-refractivity contribution is 5.20.